The number of Topliss-reactive ketones (excluding diaryl/α,β-unsaturated/α-hetero) is 2. The average Bonchev–Trinajstić information content (AvgIpc) is 2.85. The van der Waals surface area contributed by atoms with E-state index in [4.69, 9.17) is 4.74 Å². The fourth-order valence-corrected chi connectivity index (χ4v) is 2.59. The topological polar surface area (TPSA) is 60.4 Å². The number of allylic oxidation sites excluding steroid dienone is 1. The highest BCUT2D eigenvalue weighted by Gasteiger charge is 2.41. The van der Waals surface area contributed by atoms with E-state index in [2.05, 4.69) is 0 Å². The van der Waals surface area contributed by atoms with Crippen LogP contribution in [0, 0.1) is 5.92 Å². The Labute approximate surface area is 133 Å². The van der Waals surface area contributed by atoms with Crippen molar-refractivity contribution < 1.29 is 19.1 Å². The summed E-state index contributed by atoms with van der Waals surface area (Å²) >= 11 is 0. The molecule has 1 aliphatic carbocycles. The summed E-state index contributed by atoms with van der Waals surface area (Å²) < 4.78 is 5.06. The number of benzene rings is 2. The van der Waals surface area contributed by atoms with Gasteiger partial charge in [0.2, 0.25) is 0 Å². The smallest absolute Gasteiger partial charge is 0.182 e. The van der Waals surface area contributed by atoms with Gasteiger partial charge in [0, 0.05) is 11.1 Å². The molecule has 2 aromatic carbocycles. The number of rotatable bonds is 4. The summed E-state index contributed by atoms with van der Waals surface area (Å²) in [6.45, 7) is 0. The standard InChI is InChI=1S/C19H14O4/c1-23-13-9-6-12(7-10-13)8-11-16(20)17-18(21)14-4-2-3-5-15(14)19(17)22/h2-11,17H,1H3/b11-8+. The lowest BCUT2D eigenvalue weighted by atomic mass is 9.97. The molecule has 0 saturated heterocycles. The molecular weight excluding hydrogens is 292 g/mol. The predicted molar refractivity (Wildman–Crippen MR) is 85.6 cm³/mol. The summed E-state index contributed by atoms with van der Waals surface area (Å²) in [6.07, 6.45) is 2.87. The van der Waals surface area contributed by atoms with Gasteiger partial charge in [-0.25, -0.2) is 0 Å². The van der Waals surface area contributed by atoms with Crippen LogP contribution in [0.4, 0.5) is 0 Å². The van der Waals surface area contributed by atoms with Crippen LogP contribution in [0.15, 0.2) is 54.6 Å². The first kappa shape index (κ1) is 14.9. The third-order valence-electron chi connectivity index (χ3n) is 3.82. The first-order valence-electron chi connectivity index (χ1n) is 7.15. The third-order valence-corrected chi connectivity index (χ3v) is 3.82. The van der Waals surface area contributed by atoms with E-state index in [1.54, 1.807) is 61.7 Å². The SMILES string of the molecule is COc1ccc(/C=C/C(=O)C2C(=O)c3ccccc3C2=O)cc1. The number of carbonyl (C=O) groups excluding carboxylic acids is 3. The Bertz CT molecular complexity index is 781. The van der Waals surface area contributed by atoms with Crippen molar-refractivity contribution in [2.24, 2.45) is 5.92 Å². The fourth-order valence-electron chi connectivity index (χ4n) is 2.59. The maximum Gasteiger partial charge on any atom is 0.182 e. The Morgan fingerprint density at radius 2 is 1.52 bits per heavy atom. The lowest BCUT2D eigenvalue weighted by molar-refractivity contribution is -0.115. The van der Waals surface area contributed by atoms with E-state index < -0.39 is 23.3 Å². The van der Waals surface area contributed by atoms with E-state index in [0.29, 0.717) is 16.9 Å². The van der Waals surface area contributed by atoms with E-state index in [1.807, 2.05) is 0 Å². The Kier molecular flexibility index (Phi) is 3.89. The third kappa shape index (κ3) is 2.71. The van der Waals surface area contributed by atoms with Crippen molar-refractivity contribution in [1.29, 1.82) is 0 Å². The highest BCUT2D eigenvalue weighted by atomic mass is 16.5. The second kappa shape index (κ2) is 6.01. The maximum absolute atomic E-state index is 12.3. The molecule has 0 atom stereocenters. The molecule has 0 fully saturated rings. The van der Waals surface area contributed by atoms with Gasteiger partial charge in [-0.3, -0.25) is 14.4 Å². The van der Waals surface area contributed by atoms with Crippen LogP contribution in [0.5, 0.6) is 5.75 Å². The second-order valence-electron chi connectivity index (χ2n) is 5.22. The van der Waals surface area contributed by atoms with Crippen LogP contribution in [0.3, 0.4) is 0 Å². The molecule has 0 radical (unpaired) electrons. The number of hydrogen-bond acceptors (Lipinski definition) is 4. The van der Waals surface area contributed by atoms with E-state index in [-0.39, 0.29) is 0 Å². The van der Waals surface area contributed by atoms with Crippen molar-refractivity contribution in [2.75, 3.05) is 7.11 Å². The van der Waals surface area contributed by atoms with Crippen molar-refractivity contribution in [3.63, 3.8) is 0 Å². The zero-order valence-electron chi connectivity index (χ0n) is 12.5. The van der Waals surface area contributed by atoms with Crippen molar-refractivity contribution in [1.82, 2.24) is 0 Å². The van der Waals surface area contributed by atoms with Crippen LogP contribution < -0.4 is 4.74 Å². The minimum Gasteiger partial charge on any atom is -0.497 e. The van der Waals surface area contributed by atoms with Gasteiger partial charge in [-0.2, -0.15) is 0 Å². The molecule has 0 heterocycles. The summed E-state index contributed by atoms with van der Waals surface area (Å²) in [7, 11) is 1.57. The summed E-state index contributed by atoms with van der Waals surface area (Å²) in [4.78, 5) is 36.8. The zero-order valence-corrected chi connectivity index (χ0v) is 12.5. The number of hydrogen-bond donors (Lipinski definition) is 0. The van der Waals surface area contributed by atoms with E-state index in [1.165, 1.54) is 6.08 Å². The van der Waals surface area contributed by atoms with Crippen LogP contribution in [0.2, 0.25) is 0 Å². The summed E-state index contributed by atoms with van der Waals surface area (Å²) in [6, 6.07) is 13.6. The Balaban J connectivity index is 1.80. The molecule has 4 heteroatoms. The van der Waals surface area contributed by atoms with Crippen molar-refractivity contribution in [2.45, 2.75) is 0 Å². The van der Waals surface area contributed by atoms with Crippen molar-refractivity contribution in [3.8, 4) is 5.75 Å². The van der Waals surface area contributed by atoms with Gasteiger partial charge in [-0.1, -0.05) is 42.5 Å². The molecule has 0 unspecified atom stereocenters. The molecule has 1 aliphatic rings. The molecule has 23 heavy (non-hydrogen) atoms. The fraction of sp³-hybridized carbons (Fsp3) is 0.105. The van der Waals surface area contributed by atoms with Crippen LogP contribution in [-0.4, -0.2) is 24.5 Å². The average molecular weight is 306 g/mol. The van der Waals surface area contributed by atoms with Gasteiger partial charge in [0.15, 0.2) is 17.3 Å². The van der Waals surface area contributed by atoms with Crippen LogP contribution in [0.1, 0.15) is 26.3 Å². The normalized spacial score (nSPS) is 14.3. The first-order chi connectivity index (χ1) is 11.1. The van der Waals surface area contributed by atoms with Crippen molar-refractivity contribution in [3.05, 3.63) is 71.3 Å². The highest BCUT2D eigenvalue weighted by molar-refractivity contribution is 6.37. The number of ether oxygens (including phenoxy) is 1. The predicted octanol–water partition coefficient (Wildman–Crippen LogP) is 2.97. The minimum atomic E-state index is -1.25. The van der Waals surface area contributed by atoms with Crippen molar-refractivity contribution >= 4 is 23.4 Å². The number of ketones is 3. The summed E-state index contributed by atoms with van der Waals surface area (Å²) in [5, 5.41) is 0. The van der Waals surface area contributed by atoms with E-state index in [0.717, 1.165) is 5.56 Å². The van der Waals surface area contributed by atoms with Gasteiger partial charge in [-0.05, 0) is 23.8 Å². The quantitative estimate of drug-likeness (QED) is 0.643. The molecule has 4 nitrogen and oxygen atoms in total. The molecule has 0 N–H and O–H groups in total. The second-order valence-corrected chi connectivity index (χ2v) is 5.22. The lowest BCUT2D eigenvalue weighted by Crippen LogP contribution is -2.23. The Hall–Kier alpha value is -3.01. The zero-order chi connectivity index (χ0) is 16.4. The first-order valence-corrected chi connectivity index (χ1v) is 7.15. The molecule has 2 aromatic rings. The molecule has 0 aromatic heterocycles. The number of carbonyl (C=O) groups is 3. The van der Waals surface area contributed by atoms with Gasteiger partial charge in [0.25, 0.3) is 0 Å². The molecule has 0 aliphatic heterocycles. The largest absolute Gasteiger partial charge is 0.497 e. The van der Waals surface area contributed by atoms with Gasteiger partial charge >= 0.3 is 0 Å². The Morgan fingerprint density at radius 3 is 2.04 bits per heavy atom. The molecule has 114 valence electrons. The molecule has 0 bridgehead atoms. The van der Waals surface area contributed by atoms with Gasteiger partial charge in [0.1, 0.15) is 11.7 Å². The molecular formula is C19H14O4. The van der Waals surface area contributed by atoms with Crippen LogP contribution >= 0.6 is 0 Å². The molecule has 0 saturated carbocycles. The van der Waals surface area contributed by atoms with Gasteiger partial charge in [-0.15, -0.1) is 0 Å². The lowest BCUT2D eigenvalue weighted by Gasteiger charge is -2.02. The van der Waals surface area contributed by atoms with Gasteiger partial charge in [0.05, 0.1) is 7.11 Å². The number of fused-ring (bicyclic) bond motifs is 1. The monoisotopic (exact) mass is 306 g/mol. The van der Waals surface area contributed by atoms with E-state index >= 15 is 0 Å². The molecule has 0 spiro atoms. The highest BCUT2D eigenvalue weighted by Crippen LogP contribution is 2.27. The van der Waals surface area contributed by atoms with E-state index in [9.17, 15) is 14.4 Å². The van der Waals surface area contributed by atoms with Crippen LogP contribution in [0.25, 0.3) is 6.08 Å². The number of methoxy groups -OCH3 is 1. The Morgan fingerprint density at radius 1 is 0.957 bits per heavy atom. The van der Waals surface area contributed by atoms with Gasteiger partial charge < -0.3 is 4.74 Å². The van der Waals surface area contributed by atoms with Crippen LogP contribution in [-0.2, 0) is 4.79 Å². The molecule has 0 amide bonds. The summed E-state index contributed by atoms with van der Waals surface area (Å²) in [5.41, 5.74) is 1.44. The minimum absolute atomic E-state index is 0.327. The molecule has 3 rings (SSSR count). The summed E-state index contributed by atoms with van der Waals surface area (Å²) in [5.74, 6) is -1.87. The maximum atomic E-state index is 12.3.